The van der Waals surface area contributed by atoms with Crippen LogP contribution in [0, 0.1) is 5.82 Å². The van der Waals surface area contributed by atoms with Gasteiger partial charge in [-0.2, -0.15) is 0 Å². The number of carbonyl (C=O) groups is 2. The highest BCUT2D eigenvalue weighted by Gasteiger charge is 2.37. The van der Waals surface area contributed by atoms with Gasteiger partial charge in [0.25, 0.3) is 0 Å². The van der Waals surface area contributed by atoms with Crippen LogP contribution in [0.15, 0.2) is 24.3 Å². The molecule has 1 fully saturated rings. The van der Waals surface area contributed by atoms with Gasteiger partial charge in [0.05, 0.1) is 0 Å². The van der Waals surface area contributed by atoms with E-state index in [-0.39, 0.29) is 24.3 Å². The van der Waals surface area contributed by atoms with Gasteiger partial charge >= 0.3 is 6.09 Å². The van der Waals surface area contributed by atoms with Gasteiger partial charge in [-0.3, -0.25) is 9.69 Å². The first-order chi connectivity index (χ1) is 12.6. The van der Waals surface area contributed by atoms with E-state index in [1.54, 1.807) is 23.1 Å². The zero-order valence-corrected chi connectivity index (χ0v) is 17.0. The highest BCUT2D eigenvalue weighted by molar-refractivity contribution is 5.86. The van der Waals surface area contributed by atoms with Crippen molar-refractivity contribution in [3.8, 4) is 0 Å². The van der Waals surface area contributed by atoms with E-state index in [2.05, 4.69) is 0 Å². The second-order valence-electron chi connectivity index (χ2n) is 8.34. The van der Waals surface area contributed by atoms with Crippen molar-refractivity contribution in [2.24, 2.45) is 0 Å². The van der Waals surface area contributed by atoms with Gasteiger partial charge in [0.1, 0.15) is 17.5 Å². The number of piperidine rings is 1. The first kappa shape index (κ1) is 21.2. The van der Waals surface area contributed by atoms with E-state index >= 15 is 0 Å². The molecule has 27 heavy (non-hydrogen) atoms. The number of hydrogen-bond acceptors (Lipinski definition) is 3. The lowest BCUT2D eigenvalue weighted by atomic mass is 10.0. The fraction of sp³-hybridized carbons (Fsp3) is 0.619. The first-order valence-electron chi connectivity index (χ1n) is 9.63. The summed E-state index contributed by atoms with van der Waals surface area (Å²) in [7, 11) is 0. The summed E-state index contributed by atoms with van der Waals surface area (Å²) in [5.41, 5.74) is -0.147. The Labute approximate surface area is 161 Å². The summed E-state index contributed by atoms with van der Waals surface area (Å²) < 4.78 is 19.6. The van der Waals surface area contributed by atoms with E-state index < -0.39 is 17.7 Å². The van der Waals surface area contributed by atoms with E-state index in [1.807, 2.05) is 34.6 Å². The van der Waals surface area contributed by atoms with Crippen molar-refractivity contribution in [2.45, 2.75) is 78.1 Å². The van der Waals surface area contributed by atoms with Crippen LogP contribution in [0.2, 0.25) is 0 Å². The lowest BCUT2D eigenvalue weighted by Crippen LogP contribution is -2.55. The molecule has 1 aliphatic rings. The van der Waals surface area contributed by atoms with Gasteiger partial charge < -0.3 is 9.64 Å². The maximum atomic E-state index is 14.1. The fourth-order valence-corrected chi connectivity index (χ4v) is 3.24. The molecule has 1 saturated heterocycles. The Hall–Kier alpha value is -2.11. The van der Waals surface area contributed by atoms with Crippen molar-refractivity contribution in [2.75, 3.05) is 6.54 Å². The standard InChI is InChI=1S/C21H31FN2O3/c1-15(2)24(14-16-10-6-7-11-17(16)22)19(25)18-12-8-9-13-23(18)20(26)27-21(3,4)5/h6-7,10-11,15,18H,8-9,12-14H2,1-5H3. The lowest BCUT2D eigenvalue weighted by molar-refractivity contribution is -0.140. The number of amides is 2. The predicted molar refractivity (Wildman–Crippen MR) is 103 cm³/mol. The molecule has 1 atom stereocenters. The summed E-state index contributed by atoms with van der Waals surface area (Å²) in [6, 6.07) is 5.79. The minimum atomic E-state index is -0.618. The summed E-state index contributed by atoms with van der Waals surface area (Å²) in [6.07, 6.45) is 1.85. The molecule has 5 nitrogen and oxygen atoms in total. The van der Waals surface area contributed by atoms with Crippen LogP contribution < -0.4 is 0 Å². The molecule has 0 N–H and O–H groups in total. The molecular weight excluding hydrogens is 347 g/mol. The van der Waals surface area contributed by atoms with Crippen molar-refractivity contribution in [3.63, 3.8) is 0 Å². The van der Waals surface area contributed by atoms with E-state index in [0.29, 0.717) is 18.5 Å². The van der Waals surface area contributed by atoms with Crippen LogP contribution in [0.3, 0.4) is 0 Å². The topological polar surface area (TPSA) is 49.9 Å². The number of halogens is 1. The van der Waals surface area contributed by atoms with E-state index in [1.165, 1.54) is 11.0 Å². The Morgan fingerprint density at radius 1 is 1.26 bits per heavy atom. The Morgan fingerprint density at radius 3 is 2.52 bits per heavy atom. The Balaban J connectivity index is 2.21. The summed E-state index contributed by atoms with van der Waals surface area (Å²) in [5, 5.41) is 0. The van der Waals surface area contributed by atoms with Gasteiger partial charge in [-0.25, -0.2) is 9.18 Å². The number of hydrogen-bond donors (Lipinski definition) is 0. The van der Waals surface area contributed by atoms with Crippen LogP contribution >= 0.6 is 0 Å². The van der Waals surface area contributed by atoms with Gasteiger partial charge in [-0.1, -0.05) is 18.2 Å². The van der Waals surface area contributed by atoms with Crippen LogP contribution in [0.4, 0.5) is 9.18 Å². The van der Waals surface area contributed by atoms with Crippen molar-refractivity contribution in [3.05, 3.63) is 35.6 Å². The number of ether oxygens (including phenoxy) is 1. The van der Waals surface area contributed by atoms with Gasteiger partial charge in [-0.15, -0.1) is 0 Å². The molecule has 0 aliphatic carbocycles. The molecule has 0 bridgehead atoms. The van der Waals surface area contributed by atoms with Crippen molar-refractivity contribution < 1.29 is 18.7 Å². The Kier molecular flexibility index (Phi) is 6.84. The zero-order valence-electron chi connectivity index (χ0n) is 17.0. The van der Waals surface area contributed by atoms with Crippen LogP contribution in [0.5, 0.6) is 0 Å². The minimum absolute atomic E-state index is 0.112. The zero-order chi connectivity index (χ0) is 20.2. The van der Waals surface area contributed by atoms with Gasteiger partial charge in [0.2, 0.25) is 5.91 Å². The predicted octanol–water partition coefficient (Wildman–Crippen LogP) is 4.35. The van der Waals surface area contributed by atoms with Gasteiger partial charge in [0.15, 0.2) is 0 Å². The molecule has 1 aromatic rings. The van der Waals surface area contributed by atoms with E-state index in [4.69, 9.17) is 4.74 Å². The summed E-state index contributed by atoms with van der Waals surface area (Å²) in [4.78, 5) is 29.1. The quantitative estimate of drug-likeness (QED) is 0.782. The molecule has 0 spiro atoms. The molecule has 1 heterocycles. The number of likely N-dealkylation sites (tertiary alicyclic amines) is 1. The molecule has 1 unspecified atom stereocenters. The second-order valence-corrected chi connectivity index (χ2v) is 8.34. The lowest BCUT2D eigenvalue weighted by Gasteiger charge is -2.39. The Morgan fingerprint density at radius 2 is 1.93 bits per heavy atom. The van der Waals surface area contributed by atoms with Crippen LogP contribution in [-0.4, -0.2) is 46.0 Å². The SMILES string of the molecule is CC(C)N(Cc1ccccc1F)C(=O)C1CCCCN1C(=O)OC(C)(C)C. The molecule has 0 radical (unpaired) electrons. The fourth-order valence-electron chi connectivity index (χ4n) is 3.24. The van der Waals surface area contributed by atoms with Crippen LogP contribution in [0.1, 0.15) is 59.4 Å². The van der Waals surface area contributed by atoms with Crippen molar-refractivity contribution in [1.29, 1.82) is 0 Å². The third-order valence-corrected chi connectivity index (χ3v) is 4.62. The van der Waals surface area contributed by atoms with Crippen LogP contribution in [0.25, 0.3) is 0 Å². The number of nitrogens with zero attached hydrogens (tertiary/aromatic N) is 2. The molecule has 1 aromatic carbocycles. The first-order valence-corrected chi connectivity index (χ1v) is 9.63. The van der Waals surface area contributed by atoms with Crippen molar-refractivity contribution >= 4 is 12.0 Å². The summed E-state index contributed by atoms with van der Waals surface area (Å²) in [5.74, 6) is -0.484. The number of carbonyl (C=O) groups excluding carboxylic acids is 2. The molecule has 0 saturated carbocycles. The summed E-state index contributed by atoms with van der Waals surface area (Å²) >= 11 is 0. The third-order valence-electron chi connectivity index (χ3n) is 4.62. The average molecular weight is 378 g/mol. The molecule has 1 aliphatic heterocycles. The maximum Gasteiger partial charge on any atom is 0.410 e. The normalized spacial score (nSPS) is 17.7. The maximum absolute atomic E-state index is 14.1. The molecular formula is C21H31FN2O3. The minimum Gasteiger partial charge on any atom is -0.444 e. The third kappa shape index (κ3) is 5.68. The van der Waals surface area contributed by atoms with E-state index in [9.17, 15) is 14.0 Å². The average Bonchev–Trinajstić information content (AvgIpc) is 2.58. The van der Waals surface area contributed by atoms with Crippen molar-refractivity contribution in [1.82, 2.24) is 9.80 Å². The molecule has 0 aromatic heterocycles. The number of benzene rings is 1. The number of rotatable bonds is 4. The molecule has 2 rings (SSSR count). The second kappa shape index (κ2) is 8.72. The van der Waals surface area contributed by atoms with Gasteiger partial charge in [-0.05, 0) is 59.9 Å². The molecule has 150 valence electrons. The van der Waals surface area contributed by atoms with Gasteiger partial charge in [0, 0.05) is 24.7 Å². The summed E-state index contributed by atoms with van der Waals surface area (Å²) in [6.45, 7) is 9.91. The van der Waals surface area contributed by atoms with Crippen LogP contribution in [-0.2, 0) is 16.1 Å². The molecule has 6 heteroatoms. The monoisotopic (exact) mass is 378 g/mol. The van der Waals surface area contributed by atoms with E-state index in [0.717, 1.165) is 12.8 Å². The Bertz CT molecular complexity index is 670. The molecule has 2 amide bonds. The smallest absolute Gasteiger partial charge is 0.410 e. The highest BCUT2D eigenvalue weighted by atomic mass is 19.1. The highest BCUT2D eigenvalue weighted by Crippen LogP contribution is 2.24. The largest absolute Gasteiger partial charge is 0.444 e.